The molecule has 1 aliphatic rings. The van der Waals surface area contributed by atoms with E-state index in [1.54, 1.807) is 6.92 Å². The van der Waals surface area contributed by atoms with Crippen LogP contribution in [0.3, 0.4) is 0 Å². The summed E-state index contributed by atoms with van der Waals surface area (Å²) < 4.78 is 20.8. The molecule has 1 heterocycles. The summed E-state index contributed by atoms with van der Waals surface area (Å²) >= 11 is 0. The average molecular weight is 252 g/mol. The third-order valence-electron chi connectivity index (χ3n) is 2.63. The number of rotatable bonds is 4. The number of ether oxygens (including phenoxy) is 4. The zero-order valence-corrected chi connectivity index (χ0v) is 10.4. The maximum atomic E-state index is 11.8. The van der Waals surface area contributed by atoms with E-state index in [9.17, 15) is 4.79 Å². The molecule has 1 fully saturated rings. The van der Waals surface area contributed by atoms with Crippen LogP contribution in [0.25, 0.3) is 0 Å². The molecule has 1 aromatic rings. The average Bonchev–Trinajstić information content (AvgIpc) is 2.84. The molecular weight excluding hydrogens is 236 g/mol. The molecule has 0 N–H and O–H groups in total. The van der Waals surface area contributed by atoms with Gasteiger partial charge in [0.05, 0.1) is 6.61 Å². The molecule has 0 amide bonds. The van der Waals surface area contributed by atoms with E-state index in [4.69, 9.17) is 18.9 Å². The number of carbonyl (C=O) groups is 1. The standard InChI is InChI=1S/C13H16O5/c1-3-16-12(14)11-10(17-13(15-2)18-11)9-7-5-4-6-8-9/h4-8,10-11,13H,3H2,1-2H3/t10-,11+,13?/m0/s1. The Balaban J connectivity index is 2.18. The molecule has 3 atom stereocenters. The van der Waals surface area contributed by atoms with E-state index in [1.807, 2.05) is 30.3 Å². The van der Waals surface area contributed by atoms with Crippen LogP contribution < -0.4 is 0 Å². The van der Waals surface area contributed by atoms with Gasteiger partial charge in [-0.3, -0.25) is 0 Å². The van der Waals surface area contributed by atoms with Gasteiger partial charge < -0.3 is 18.9 Å². The summed E-state index contributed by atoms with van der Waals surface area (Å²) in [4.78, 5) is 11.8. The lowest BCUT2D eigenvalue weighted by molar-refractivity contribution is -0.230. The summed E-state index contributed by atoms with van der Waals surface area (Å²) in [6.07, 6.45) is -1.30. The van der Waals surface area contributed by atoms with Crippen molar-refractivity contribution in [3.63, 3.8) is 0 Å². The minimum atomic E-state index is -0.843. The Hall–Kier alpha value is -1.43. The number of carbonyl (C=O) groups excluding carboxylic acids is 1. The molecule has 0 aromatic heterocycles. The van der Waals surface area contributed by atoms with Gasteiger partial charge in [0.25, 0.3) is 6.48 Å². The SMILES string of the molecule is CCOC(=O)[C@@H]1OC(OC)O[C@H]1c1ccccc1. The summed E-state index contributed by atoms with van der Waals surface area (Å²) in [7, 11) is 1.46. The molecule has 98 valence electrons. The first kappa shape index (κ1) is 13.0. The quantitative estimate of drug-likeness (QED) is 0.762. The number of esters is 1. The van der Waals surface area contributed by atoms with Crippen LogP contribution in [0.15, 0.2) is 30.3 Å². The highest BCUT2D eigenvalue weighted by atomic mass is 16.9. The number of benzene rings is 1. The second-order valence-electron chi connectivity index (χ2n) is 3.80. The molecule has 0 radical (unpaired) electrons. The van der Waals surface area contributed by atoms with E-state index >= 15 is 0 Å². The van der Waals surface area contributed by atoms with Crippen LogP contribution >= 0.6 is 0 Å². The van der Waals surface area contributed by atoms with E-state index < -0.39 is 24.7 Å². The number of hydrogen-bond donors (Lipinski definition) is 0. The van der Waals surface area contributed by atoms with Crippen LogP contribution in [0.1, 0.15) is 18.6 Å². The maximum absolute atomic E-state index is 11.8. The fourth-order valence-corrected chi connectivity index (χ4v) is 1.82. The maximum Gasteiger partial charge on any atom is 0.338 e. The van der Waals surface area contributed by atoms with E-state index in [-0.39, 0.29) is 0 Å². The zero-order chi connectivity index (χ0) is 13.0. The zero-order valence-electron chi connectivity index (χ0n) is 10.4. The molecule has 0 bridgehead atoms. The lowest BCUT2D eigenvalue weighted by Crippen LogP contribution is -2.28. The van der Waals surface area contributed by atoms with Crippen LogP contribution in [0, 0.1) is 0 Å². The van der Waals surface area contributed by atoms with Crippen molar-refractivity contribution in [3.05, 3.63) is 35.9 Å². The Kier molecular flexibility index (Phi) is 4.30. The van der Waals surface area contributed by atoms with Gasteiger partial charge in [0.1, 0.15) is 6.10 Å². The molecule has 18 heavy (non-hydrogen) atoms. The molecule has 1 aliphatic heterocycles. The second kappa shape index (κ2) is 5.95. The normalized spacial score (nSPS) is 27.1. The smallest absolute Gasteiger partial charge is 0.338 e. The molecule has 5 nitrogen and oxygen atoms in total. The fourth-order valence-electron chi connectivity index (χ4n) is 1.82. The van der Waals surface area contributed by atoms with Crippen molar-refractivity contribution in [2.75, 3.05) is 13.7 Å². The van der Waals surface area contributed by atoms with Crippen molar-refractivity contribution in [1.82, 2.24) is 0 Å². The van der Waals surface area contributed by atoms with E-state index in [1.165, 1.54) is 7.11 Å². The van der Waals surface area contributed by atoms with Gasteiger partial charge in [0.2, 0.25) is 0 Å². The summed E-state index contributed by atoms with van der Waals surface area (Å²) in [6.45, 7) is 1.21. The topological polar surface area (TPSA) is 54.0 Å². The minimum Gasteiger partial charge on any atom is -0.464 e. The van der Waals surface area contributed by atoms with Gasteiger partial charge in [0.15, 0.2) is 6.10 Å². The molecule has 2 rings (SSSR count). The van der Waals surface area contributed by atoms with Crippen LogP contribution in [0.2, 0.25) is 0 Å². The van der Waals surface area contributed by atoms with Gasteiger partial charge in [-0.15, -0.1) is 0 Å². The summed E-state index contributed by atoms with van der Waals surface area (Å²) in [5, 5.41) is 0. The number of hydrogen-bond acceptors (Lipinski definition) is 5. The first-order valence-corrected chi connectivity index (χ1v) is 5.81. The Bertz CT molecular complexity index is 392. The summed E-state index contributed by atoms with van der Waals surface area (Å²) in [5.41, 5.74) is 0.857. The summed E-state index contributed by atoms with van der Waals surface area (Å²) in [5.74, 6) is -0.439. The van der Waals surface area contributed by atoms with Crippen LogP contribution in [0.5, 0.6) is 0 Å². The van der Waals surface area contributed by atoms with Gasteiger partial charge in [0, 0.05) is 7.11 Å². The van der Waals surface area contributed by atoms with Crippen LogP contribution in [0.4, 0.5) is 0 Å². The van der Waals surface area contributed by atoms with Gasteiger partial charge in [-0.1, -0.05) is 30.3 Å². The first-order chi connectivity index (χ1) is 8.76. The van der Waals surface area contributed by atoms with Crippen molar-refractivity contribution < 1.29 is 23.7 Å². The molecular formula is C13H16O5. The van der Waals surface area contributed by atoms with Crippen LogP contribution in [-0.4, -0.2) is 32.3 Å². The van der Waals surface area contributed by atoms with Gasteiger partial charge in [-0.05, 0) is 12.5 Å². The van der Waals surface area contributed by atoms with E-state index in [0.717, 1.165) is 5.56 Å². The molecule has 0 saturated carbocycles. The van der Waals surface area contributed by atoms with Gasteiger partial charge in [-0.2, -0.15) is 0 Å². The molecule has 1 saturated heterocycles. The predicted molar refractivity (Wildman–Crippen MR) is 62.6 cm³/mol. The van der Waals surface area contributed by atoms with Crippen molar-refractivity contribution in [2.45, 2.75) is 25.6 Å². The highest BCUT2D eigenvalue weighted by molar-refractivity contribution is 5.76. The van der Waals surface area contributed by atoms with Crippen molar-refractivity contribution in [3.8, 4) is 0 Å². The molecule has 0 spiro atoms. The number of methoxy groups -OCH3 is 1. The Morgan fingerprint density at radius 3 is 2.61 bits per heavy atom. The first-order valence-electron chi connectivity index (χ1n) is 5.81. The van der Waals surface area contributed by atoms with Crippen molar-refractivity contribution >= 4 is 5.97 Å². The van der Waals surface area contributed by atoms with E-state index in [0.29, 0.717) is 6.61 Å². The Morgan fingerprint density at radius 2 is 2.00 bits per heavy atom. The second-order valence-corrected chi connectivity index (χ2v) is 3.80. The highest BCUT2D eigenvalue weighted by Crippen LogP contribution is 2.33. The predicted octanol–water partition coefficient (Wildman–Crippen LogP) is 1.64. The molecule has 1 aromatic carbocycles. The van der Waals surface area contributed by atoms with Gasteiger partial charge in [-0.25, -0.2) is 4.79 Å². The van der Waals surface area contributed by atoms with E-state index in [2.05, 4.69) is 0 Å². The lowest BCUT2D eigenvalue weighted by atomic mass is 10.0. The highest BCUT2D eigenvalue weighted by Gasteiger charge is 2.43. The monoisotopic (exact) mass is 252 g/mol. The van der Waals surface area contributed by atoms with Crippen molar-refractivity contribution in [2.24, 2.45) is 0 Å². The Morgan fingerprint density at radius 1 is 1.28 bits per heavy atom. The molecule has 0 aliphatic carbocycles. The minimum absolute atomic E-state index is 0.303. The third kappa shape index (κ3) is 2.69. The molecule has 5 heteroatoms. The van der Waals surface area contributed by atoms with Crippen molar-refractivity contribution in [1.29, 1.82) is 0 Å². The largest absolute Gasteiger partial charge is 0.464 e. The van der Waals surface area contributed by atoms with Crippen LogP contribution in [-0.2, 0) is 23.7 Å². The van der Waals surface area contributed by atoms with Gasteiger partial charge >= 0.3 is 5.97 Å². The Labute approximate surface area is 106 Å². The fraction of sp³-hybridized carbons (Fsp3) is 0.462. The molecule has 1 unspecified atom stereocenters. The third-order valence-corrected chi connectivity index (χ3v) is 2.63. The lowest BCUT2D eigenvalue weighted by Gasteiger charge is -2.15. The summed E-state index contributed by atoms with van der Waals surface area (Å²) in [6, 6.07) is 9.39.